The minimum atomic E-state index is -0.580. The Bertz CT molecular complexity index is 1660. The lowest BCUT2D eigenvalue weighted by Crippen LogP contribution is -2.18. The summed E-state index contributed by atoms with van der Waals surface area (Å²) in [5, 5.41) is 1.28. The Morgan fingerprint density at radius 2 is 1.64 bits per heavy atom. The van der Waals surface area contributed by atoms with Crippen molar-refractivity contribution >= 4 is 50.7 Å². The summed E-state index contributed by atoms with van der Waals surface area (Å²) in [5.41, 5.74) is 7.50. The molecular formula is C26H22N4O6. The number of carbonyl (C=O) groups excluding carboxylic acids is 2. The summed E-state index contributed by atoms with van der Waals surface area (Å²) >= 11 is 0. The van der Waals surface area contributed by atoms with Gasteiger partial charge in [-0.1, -0.05) is 24.3 Å². The fourth-order valence-corrected chi connectivity index (χ4v) is 4.26. The zero-order chi connectivity index (χ0) is 25.4. The first-order valence-corrected chi connectivity index (χ1v) is 11.3. The molecule has 36 heavy (non-hydrogen) atoms. The molecule has 0 radical (unpaired) electrons. The number of hydrogen-bond donors (Lipinski definition) is 1. The van der Waals surface area contributed by atoms with Crippen molar-refractivity contribution in [3.63, 3.8) is 0 Å². The summed E-state index contributed by atoms with van der Waals surface area (Å²) < 4.78 is 17.8. The van der Waals surface area contributed by atoms with Crippen LogP contribution in [0.15, 0.2) is 57.7 Å². The maximum absolute atomic E-state index is 12.9. The van der Waals surface area contributed by atoms with Gasteiger partial charge in [-0.2, -0.15) is 4.98 Å². The molecule has 0 fully saturated rings. The van der Waals surface area contributed by atoms with E-state index in [1.54, 1.807) is 66.9 Å². The maximum atomic E-state index is 12.9. The highest BCUT2D eigenvalue weighted by Crippen LogP contribution is 2.29. The molecule has 0 saturated carbocycles. The van der Waals surface area contributed by atoms with Crippen LogP contribution in [0.3, 0.4) is 0 Å². The van der Waals surface area contributed by atoms with E-state index < -0.39 is 11.9 Å². The third-order valence-electron chi connectivity index (χ3n) is 5.81. The van der Waals surface area contributed by atoms with Crippen LogP contribution in [0.2, 0.25) is 0 Å². The molecule has 0 spiro atoms. The molecule has 0 unspecified atom stereocenters. The van der Waals surface area contributed by atoms with Gasteiger partial charge in [-0.25, -0.2) is 9.78 Å². The van der Waals surface area contributed by atoms with E-state index in [0.29, 0.717) is 27.6 Å². The number of benzene rings is 2. The first kappa shape index (κ1) is 23.0. The van der Waals surface area contributed by atoms with Gasteiger partial charge in [-0.3, -0.25) is 9.59 Å². The molecule has 2 aromatic carbocycles. The molecule has 0 aliphatic heterocycles. The standard InChI is InChI=1S/C26H22N4O6/c1-3-34-26(33)21-14(2)36-25-22(21)24(27)28-19(29-25)13-35-20(31)12-30-17-10-6-4-8-15(17)23(32)16-9-5-7-11-18(16)30/h4-11H,3,12-13H2,1-2H3,(H2,27,28,29). The van der Waals surface area contributed by atoms with Gasteiger partial charge in [0.05, 0.1) is 23.0 Å². The Labute approximate surface area is 204 Å². The van der Waals surface area contributed by atoms with E-state index in [9.17, 15) is 14.4 Å². The van der Waals surface area contributed by atoms with Gasteiger partial charge < -0.3 is 24.2 Å². The van der Waals surface area contributed by atoms with Gasteiger partial charge in [0, 0.05) is 10.8 Å². The molecule has 0 amide bonds. The van der Waals surface area contributed by atoms with E-state index in [1.165, 1.54) is 0 Å². The summed E-state index contributed by atoms with van der Waals surface area (Å²) in [6.07, 6.45) is 0. The van der Waals surface area contributed by atoms with Crippen molar-refractivity contribution in [1.29, 1.82) is 0 Å². The van der Waals surface area contributed by atoms with Gasteiger partial charge in [0.2, 0.25) is 5.71 Å². The number of anilines is 1. The molecule has 10 heteroatoms. The number of hydrogen-bond acceptors (Lipinski definition) is 9. The number of nitrogens with zero attached hydrogens (tertiary/aromatic N) is 3. The van der Waals surface area contributed by atoms with Gasteiger partial charge in [0.15, 0.2) is 17.9 Å². The fraction of sp³-hybridized carbons (Fsp3) is 0.192. The molecule has 10 nitrogen and oxygen atoms in total. The molecule has 0 bridgehead atoms. The minimum Gasteiger partial charge on any atom is -0.462 e. The largest absolute Gasteiger partial charge is 0.462 e. The third kappa shape index (κ3) is 3.92. The second kappa shape index (κ2) is 9.14. The van der Waals surface area contributed by atoms with Crippen molar-refractivity contribution in [1.82, 2.24) is 14.5 Å². The Morgan fingerprint density at radius 1 is 1.00 bits per heavy atom. The number of carbonyl (C=O) groups is 2. The van der Waals surface area contributed by atoms with Gasteiger partial charge in [-0.05, 0) is 38.1 Å². The van der Waals surface area contributed by atoms with Crippen LogP contribution in [0.1, 0.15) is 28.9 Å². The van der Waals surface area contributed by atoms with Crippen molar-refractivity contribution in [2.75, 3.05) is 12.3 Å². The van der Waals surface area contributed by atoms with Crippen molar-refractivity contribution in [3.05, 3.63) is 75.9 Å². The zero-order valence-corrected chi connectivity index (χ0v) is 19.6. The van der Waals surface area contributed by atoms with Crippen LogP contribution in [0.25, 0.3) is 32.9 Å². The molecule has 3 aromatic heterocycles. The van der Waals surface area contributed by atoms with Gasteiger partial charge in [0.1, 0.15) is 23.7 Å². The lowest BCUT2D eigenvalue weighted by Gasteiger charge is -2.14. The van der Waals surface area contributed by atoms with Crippen molar-refractivity contribution < 1.29 is 23.5 Å². The van der Waals surface area contributed by atoms with E-state index in [2.05, 4.69) is 9.97 Å². The number of para-hydroxylation sites is 2. The topological polar surface area (TPSA) is 140 Å². The van der Waals surface area contributed by atoms with Crippen LogP contribution in [0, 0.1) is 6.92 Å². The number of fused-ring (bicyclic) bond motifs is 3. The second-order valence-corrected chi connectivity index (χ2v) is 8.07. The predicted molar refractivity (Wildman–Crippen MR) is 132 cm³/mol. The number of aromatic nitrogens is 3. The first-order chi connectivity index (χ1) is 17.4. The first-order valence-electron chi connectivity index (χ1n) is 11.3. The summed E-state index contributed by atoms with van der Waals surface area (Å²) in [6, 6.07) is 14.2. The molecule has 0 aliphatic carbocycles. The summed E-state index contributed by atoms with van der Waals surface area (Å²) in [4.78, 5) is 46.4. The Hall–Kier alpha value is -4.73. The quantitative estimate of drug-likeness (QED) is 0.282. The number of nitrogens with two attached hydrogens (primary N) is 1. The summed E-state index contributed by atoms with van der Waals surface area (Å²) in [6.45, 7) is 3.10. The van der Waals surface area contributed by atoms with E-state index in [4.69, 9.17) is 19.6 Å². The van der Waals surface area contributed by atoms with E-state index in [0.717, 1.165) is 0 Å². The van der Waals surface area contributed by atoms with Crippen LogP contribution in [0.5, 0.6) is 0 Å². The zero-order valence-electron chi connectivity index (χ0n) is 19.6. The van der Waals surface area contributed by atoms with E-state index >= 15 is 0 Å². The summed E-state index contributed by atoms with van der Waals surface area (Å²) in [5.74, 6) is -0.700. The Kier molecular flexibility index (Phi) is 5.85. The number of aryl methyl sites for hydroxylation is 1. The van der Waals surface area contributed by atoms with Gasteiger partial charge in [0.25, 0.3) is 0 Å². The predicted octanol–water partition coefficient (Wildman–Crippen LogP) is 3.50. The number of esters is 2. The Morgan fingerprint density at radius 3 is 2.28 bits per heavy atom. The van der Waals surface area contributed by atoms with Crippen molar-refractivity contribution in [3.8, 4) is 0 Å². The molecule has 0 aliphatic rings. The minimum absolute atomic E-state index is 0.0170. The normalized spacial score (nSPS) is 11.3. The Balaban J connectivity index is 1.42. The van der Waals surface area contributed by atoms with Crippen LogP contribution >= 0.6 is 0 Å². The van der Waals surface area contributed by atoms with Crippen LogP contribution in [0.4, 0.5) is 5.82 Å². The van der Waals surface area contributed by atoms with E-state index in [-0.39, 0.29) is 53.5 Å². The molecule has 0 atom stereocenters. The molecule has 182 valence electrons. The lowest BCUT2D eigenvalue weighted by molar-refractivity contribution is -0.145. The van der Waals surface area contributed by atoms with Crippen LogP contribution in [-0.4, -0.2) is 33.1 Å². The molecule has 0 saturated heterocycles. The van der Waals surface area contributed by atoms with Crippen LogP contribution in [-0.2, 0) is 27.4 Å². The SMILES string of the molecule is CCOC(=O)c1c(C)oc2nc(COC(=O)Cn3c4ccccc4c(=O)c4ccccc43)nc(N)c12. The molecule has 3 heterocycles. The monoisotopic (exact) mass is 486 g/mol. The number of ether oxygens (including phenoxy) is 2. The molecule has 5 rings (SSSR count). The van der Waals surface area contributed by atoms with E-state index in [1.807, 2.05) is 0 Å². The lowest BCUT2D eigenvalue weighted by atomic mass is 10.1. The highest BCUT2D eigenvalue weighted by molar-refractivity contribution is 6.07. The average molecular weight is 486 g/mol. The van der Waals surface area contributed by atoms with Crippen molar-refractivity contribution in [2.45, 2.75) is 27.0 Å². The number of nitrogen functional groups attached to an aromatic ring is 1. The fourth-order valence-electron chi connectivity index (χ4n) is 4.26. The summed E-state index contributed by atoms with van der Waals surface area (Å²) in [7, 11) is 0. The third-order valence-corrected chi connectivity index (χ3v) is 5.81. The molecule has 5 aromatic rings. The van der Waals surface area contributed by atoms with Crippen LogP contribution < -0.4 is 11.2 Å². The second-order valence-electron chi connectivity index (χ2n) is 8.07. The molecular weight excluding hydrogens is 464 g/mol. The maximum Gasteiger partial charge on any atom is 0.342 e. The number of pyridine rings is 1. The smallest absolute Gasteiger partial charge is 0.342 e. The van der Waals surface area contributed by atoms with Gasteiger partial charge >= 0.3 is 11.9 Å². The number of rotatable bonds is 6. The number of furan rings is 1. The van der Waals surface area contributed by atoms with Crippen molar-refractivity contribution in [2.24, 2.45) is 0 Å². The molecule has 2 N–H and O–H groups in total. The highest BCUT2D eigenvalue weighted by Gasteiger charge is 2.24. The highest BCUT2D eigenvalue weighted by atomic mass is 16.5. The van der Waals surface area contributed by atoms with Gasteiger partial charge in [-0.15, -0.1) is 0 Å². The average Bonchev–Trinajstić information content (AvgIpc) is 3.22.